The Bertz CT molecular complexity index is 1490. The molecule has 3 aliphatic rings. The summed E-state index contributed by atoms with van der Waals surface area (Å²) in [7, 11) is 0. The van der Waals surface area contributed by atoms with Gasteiger partial charge in [0.05, 0.1) is 23.7 Å². The van der Waals surface area contributed by atoms with Crippen LogP contribution in [0.4, 0.5) is 0 Å². The number of fused-ring (bicyclic) bond motifs is 2. The normalized spacial score (nSPS) is 34.5. The SMILES string of the molecule is C[C@H]1O[C@@H](OC[C@H]2O[C@@H](Oc3ccc4c(=O)c(-c5ccc6c(c5)OCO6)coc4c3)[C@@H](O)[C@@H](O)[C@H]2O)[C@@H](O)[C@@H](O)[C@@H]1O. The van der Waals surface area contributed by atoms with Crippen LogP contribution in [0.5, 0.6) is 17.2 Å². The van der Waals surface area contributed by atoms with Crippen molar-refractivity contribution in [1.29, 1.82) is 0 Å². The van der Waals surface area contributed by atoms with Crippen LogP contribution in [0.15, 0.2) is 51.9 Å². The lowest BCUT2D eigenvalue weighted by atomic mass is 9.98. The quantitative estimate of drug-likeness (QED) is 0.208. The van der Waals surface area contributed by atoms with Gasteiger partial charge >= 0.3 is 0 Å². The summed E-state index contributed by atoms with van der Waals surface area (Å²) in [5.74, 6) is 1.23. The molecular formula is C28H30O14. The topological polar surface area (TPSA) is 207 Å². The Labute approximate surface area is 237 Å². The zero-order valence-electron chi connectivity index (χ0n) is 22.2. The second-order valence-electron chi connectivity index (χ2n) is 10.4. The van der Waals surface area contributed by atoms with Crippen LogP contribution in [0.3, 0.4) is 0 Å². The molecule has 0 unspecified atom stereocenters. The van der Waals surface area contributed by atoms with Crippen molar-refractivity contribution in [2.45, 2.75) is 68.3 Å². The van der Waals surface area contributed by atoms with E-state index in [1.54, 1.807) is 18.2 Å². The van der Waals surface area contributed by atoms with Crippen molar-refractivity contribution in [3.8, 4) is 28.4 Å². The molecule has 42 heavy (non-hydrogen) atoms. The molecule has 10 atom stereocenters. The minimum Gasteiger partial charge on any atom is -0.463 e. The van der Waals surface area contributed by atoms with Crippen LogP contribution in [0.2, 0.25) is 0 Å². The first-order chi connectivity index (χ1) is 20.1. The monoisotopic (exact) mass is 590 g/mol. The van der Waals surface area contributed by atoms with Crippen molar-refractivity contribution in [1.82, 2.24) is 0 Å². The number of hydrogen-bond donors (Lipinski definition) is 6. The van der Waals surface area contributed by atoms with Gasteiger partial charge in [-0.15, -0.1) is 0 Å². The molecule has 2 saturated heterocycles. The molecule has 0 amide bonds. The second-order valence-corrected chi connectivity index (χ2v) is 10.4. The van der Waals surface area contributed by atoms with Gasteiger partial charge in [0, 0.05) is 6.07 Å². The van der Waals surface area contributed by atoms with Crippen LogP contribution in [-0.2, 0) is 14.2 Å². The van der Waals surface area contributed by atoms with Crippen molar-refractivity contribution in [2.75, 3.05) is 13.4 Å². The summed E-state index contributed by atoms with van der Waals surface area (Å²) >= 11 is 0. The summed E-state index contributed by atoms with van der Waals surface area (Å²) < 4.78 is 38.7. The molecule has 1 aromatic heterocycles. The van der Waals surface area contributed by atoms with Crippen LogP contribution in [-0.4, -0.2) is 105 Å². The van der Waals surface area contributed by atoms with E-state index in [4.69, 9.17) is 32.8 Å². The molecule has 3 aliphatic heterocycles. The molecule has 0 bridgehead atoms. The maximum atomic E-state index is 13.2. The summed E-state index contributed by atoms with van der Waals surface area (Å²) in [6.45, 7) is 1.15. The minimum atomic E-state index is -1.69. The molecule has 0 saturated carbocycles. The number of ether oxygens (including phenoxy) is 6. The molecule has 6 N–H and O–H groups in total. The maximum Gasteiger partial charge on any atom is 0.231 e. The van der Waals surface area contributed by atoms with E-state index in [2.05, 4.69) is 0 Å². The number of aliphatic hydroxyl groups excluding tert-OH is 6. The van der Waals surface area contributed by atoms with Gasteiger partial charge < -0.3 is 63.5 Å². The molecule has 14 heteroatoms. The van der Waals surface area contributed by atoms with Crippen LogP contribution in [0.1, 0.15) is 6.92 Å². The molecular weight excluding hydrogens is 560 g/mol. The predicted octanol–water partition coefficient (Wildman–Crippen LogP) is -0.781. The van der Waals surface area contributed by atoms with Crippen molar-refractivity contribution < 1.29 is 63.5 Å². The van der Waals surface area contributed by atoms with Gasteiger partial charge in [0.2, 0.25) is 13.1 Å². The fourth-order valence-corrected chi connectivity index (χ4v) is 5.07. The lowest BCUT2D eigenvalue weighted by molar-refractivity contribution is -0.318. The second kappa shape index (κ2) is 11.4. The van der Waals surface area contributed by atoms with Crippen molar-refractivity contribution in [3.05, 3.63) is 52.9 Å². The third-order valence-electron chi connectivity index (χ3n) is 7.58. The van der Waals surface area contributed by atoms with Crippen molar-refractivity contribution in [2.24, 2.45) is 0 Å². The largest absolute Gasteiger partial charge is 0.463 e. The van der Waals surface area contributed by atoms with Crippen LogP contribution >= 0.6 is 0 Å². The van der Waals surface area contributed by atoms with E-state index in [1.165, 1.54) is 31.4 Å². The average Bonchev–Trinajstić information content (AvgIpc) is 3.46. The van der Waals surface area contributed by atoms with Gasteiger partial charge in [-0.25, -0.2) is 0 Å². The van der Waals surface area contributed by atoms with Crippen LogP contribution < -0.4 is 19.6 Å². The highest BCUT2D eigenvalue weighted by Crippen LogP contribution is 2.36. The highest BCUT2D eigenvalue weighted by atomic mass is 16.7. The van der Waals surface area contributed by atoms with Crippen LogP contribution in [0, 0.1) is 0 Å². The predicted molar refractivity (Wildman–Crippen MR) is 140 cm³/mol. The first-order valence-corrected chi connectivity index (χ1v) is 13.3. The van der Waals surface area contributed by atoms with Crippen LogP contribution in [0.25, 0.3) is 22.1 Å². The minimum absolute atomic E-state index is 0.101. The third kappa shape index (κ3) is 5.21. The van der Waals surface area contributed by atoms with Gasteiger partial charge in [-0.2, -0.15) is 0 Å². The Morgan fingerprint density at radius 1 is 0.810 bits per heavy atom. The molecule has 2 aromatic carbocycles. The Morgan fingerprint density at radius 2 is 1.55 bits per heavy atom. The molecule has 0 radical (unpaired) electrons. The van der Waals surface area contributed by atoms with Gasteiger partial charge in [0.25, 0.3) is 0 Å². The maximum absolute atomic E-state index is 13.2. The van der Waals surface area contributed by atoms with E-state index in [0.29, 0.717) is 22.6 Å². The van der Waals surface area contributed by atoms with Gasteiger partial charge in [-0.3, -0.25) is 4.79 Å². The van der Waals surface area contributed by atoms with Crippen molar-refractivity contribution >= 4 is 11.0 Å². The van der Waals surface area contributed by atoms with E-state index in [1.807, 2.05) is 0 Å². The van der Waals surface area contributed by atoms with E-state index in [0.717, 1.165) is 0 Å². The highest BCUT2D eigenvalue weighted by Gasteiger charge is 2.47. The number of rotatable bonds is 6. The molecule has 3 aromatic rings. The fourth-order valence-electron chi connectivity index (χ4n) is 5.07. The van der Waals surface area contributed by atoms with Gasteiger partial charge in [0.15, 0.2) is 23.2 Å². The molecule has 14 nitrogen and oxygen atoms in total. The molecule has 0 aliphatic carbocycles. The summed E-state index contributed by atoms with van der Waals surface area (Å²) in [5, 5.41) is 61.7. The zero-order chi connectivity index (χ0) is 29.7. The van der Waals surface area contributed by atoms with E-state index < -0.39 is 68.0 Å². The van der Waals surface area contributed by atoms with Gasteiger partial charge in [0.1, 0.15) is 60.3 Å². The third-order valence-corrected chi connectivity index (χ3v) is 7.58. The Kier molecular flexibility index (Phi) is 7.82. The summed E-state index contributed by atoms with van der Waals surface area (Å²) in [5.41, 5.74) is 0.779. The van der Waals surface area contributed by atoms with E-state index in [-0.39, 0.29) is 28.9 Å². The molecule has 0 spiro atoms. The first-order valence-electron chi connectivity index (χ1n) is 13.3. The average molecular weight is 591 g/mol. The summed E-state index contributed by atoms with van der Waals surface area (Å²) in [6.07, 6.45) is -13.0. The zero-order valence-corrected chi connectivity index (χ0v) is 22.2. The number of benzene rings is 2. The lowest BCUT2D eigenvalue weighted by Gasteiger charge is -2.42. The smallest absolute Gasteiger partial charge is 0.231 e. The summed E-state index contributed by atoms with van der Waals surface area (Å²) in [4.78, 5) is 13.2. The summed E-state index contributed by atoms with van der Waals surface area (Å²) in [6, 6.07) is 9.47. The lowest BCUT2D eigenvalue weighted by Crippen LogP contribution is -2.61. The van der Waals surface area contributed by atoms with Crippen molar-refractivity contribution in [3.63, 3.8) is 0 Å². The Balaban J connectivity index is 1.16. The van der Waals surface area contributed by atoms with E-state index >= 15 is 0 Å². The standard InChI is InChI=1S/C28H30O14/c1-11-20(29)23(32)25(34)27(40-11)37-9-19-22(31)24(33)26(35)28(42-19)41-13-3-4-14-17(7-13)36-8-15(21(14)30)12-2-5-16-18(6-12)39-10-38-16/h2-8,11,19-20,22-29,31-35H,9-10H2,1H3/t11-,19-,20-,22+,23+,24+,25+,26+,27-,28-/m1/s1. The molecule has 6 rings (SSSR count). The highest BCUT2D eigenvalue weighted by molar-refractivity contribution is 5.83. The number of hydrogen-bond acceptors (Lipinski definition) is 14. The van der Waals surface area contributed by atoms with E-state index in [9.17, 15) is 35.4 Å². The van der Waals surface area contributed by atoms with Gasteiger partial charge in [-0.1, -0.05) is 6.07 Å². The van der Waals surface area contributed by atoms with Gasteiger partial charge in [-0.05, 0) is 36.8 Å². The molecule has 4 heterocycles. The number of aliphatic hydroxyl groups is 6. The molecule has 2 fully saturated rings. The fraction of sp³-hybridized carbons (Fsp3) is 0.464. The first kappa shape index (κ1) is 28.8. The Morgan fingerprint density at radius 3 is 2.36 bits per heavy atom. The Hall–Kier alpha value is -3.31. The molecule has 226 valence electrons.